The van der Waals surface area contributed by atoms with Crippen LogP contribution >= 0.6 is 0 Å². The Balaban J connectivity index is 1.45. The maximum atomic E-state index is 4.92. The Morgan fingerprint density at radius 3 is 2.21 bits per heavy atom. The molecular weight excluding hydrogens is 410 g/mol. The second kappa shape index (κ2) is 8.83. The fourth-order valence-corrected chi connectivity index (χ4v) is 4.40. The highest BCUT2D eigenvalue weighted by Gasteiger charge is 2.19. The Hall–Kier alpha value is -3.45. The van der Waals surface area contributed by atoms with E-state index in [0.717, 1.165) is 60.1 Å². The van der Waals surface area contributed by atoms with Crippen molar-refractivity contribution in [3.05, 3.63) is 60.3 Å². The topological polar surface area (TPSA) is 62.1 Å². The lowest BCUT2D eigenvalue weighted by Crippen LogP contribution is -2.44. The van der Waals surface area contributed by atoms with Crippen molar-refractivity contribution in [2.45, 2.75) is 26.8 Å². The number of nitrogens with zero attached hydrogens (tertiary/aromatic N) is 6. The van der Waals surface area contributed by atoms with Gasteiger partial charge in [0.05, 0.1) is 5.69 Å². The third kappa shape index (κ3) is 4.28. The number of aromatic nitrogens is 4. The quantitative estimate of drug-likeness (QED) is 0.476. The van der Waals surface area contributed by atoms with Gasteiger partial charge in [-0.05, 0) is 52.1 Å². The second-order valence-corrected chi connectivity index (χ2v) is 9.03. The molecule has 0 saturated carbocycles. The minimum Gasteiger partial charge on any atom is -0.369 e. The normalized spacial score (nSPS) is 14.9. The van der Waals surface area contributed by atoms with E-state index in [1.807, 2.05) is 25.1 Å². The summed E-state index contributed by atoms with van der Waals surface area (Å²) in [5, 5.41) is 3.40. The van der Waals surface area contributed by atoms with Crippen LogP contribution in [0.4, 0.5) is 17.3 Å². The van der Waals surface area contributed by atoms with E-state index < -0.39 is 0 Å². The molecule has 2 aromatic heterocycles. The van der Waals surface area contributed by atoms with Crippen LogP contribution < -0.4 is 10.2 Å². The van der Waals surface area contributed by atoms with Crippen LogP contribution in [-0.2, 0) is 0 Å². The number of hydrogen-bond donors (Lipinski definition) is 1. The molecule has 0 radical (unpaired) electrons. The molecule has 0 unspecified atom stereocenters. The van der Waals surface area contributed by atoms with Crippen molar-refractivity contribution in [3.8, 4) is 11.4 Å². The van der Waals surface area contributed by atoms with Crippen LogP contribution in [-0.4, -0.2) is 57.6 Å². The Morgan fingerprint density at radius 2 is 1.55 bits per heavy atom. The molecule has 5 rings (SSSR count). The summed E-state index contributed by atoms with van der Waals surface area (Å²) in [7, 11) is 2.18. The lowest BCUT2D eigenvalue weighted by atomic mass is 10.2. The zero-order valence-electron chi connectivity index (χ0n) is 19.8. The molecule has 3 heterocycles. The van der Waals surface area contributed by atoms with Crippen molar-refractivity contribution in [3.63, 3.8) is 0 Å². The van der Waals surface area contributed by atoms with Crippen LogP contribution in [0.15, 0.2) is 54.6 Å². The number of piperazine rings is 1. The number of anilines is 3. The molecular formula is C26H31N7. The monoisotopic (exact) mass is 441 g/mol. The van der Waals surface area contributed by atoms with Gasteiger partial charge in [0.2, 0.25) is 5.95 Å². The van der Waals surface area contributed by atoms with Gasteiger partial charge in [-0.25, -0.2) is 9.97 Å². The maximum Gasteiger partial charge on any atom is 0.229 e. The smallest absolute Gasteiger partial charge is 0.229 e. The molecule has 0 atom stereocenters. The lowest BCUT2D eigenvalue weighted by molar-refractivity contribution is 0.313. The van der Waals surface area contributed by atoms with Crippen molar-refractivity contribution in [1.29, 1.82) is 0 Å². The predicted octanol–water partition coefficient (Wildman–Crippen LogP) is 4.88. The van der Waals surface area contributed by atoms with Crippen LogP contribution in [0.1, 0.15) is 25.6 Å². The summed E-state index contributed by atoms with van der Waals surface area (Å²) in [4.78, 5) is 19.3. The molecule has 1 N–H and O–H groups in total. The molecule has 33 heavy (non-hydrogen) atoms. The number of fused-ring (bicyclic) bond motifs is 1. The van der Waals surface area contributed by atoms with Gasteiger partial charge < -0.3 is 19.7 Å². The van der Waals surface area contributed by atoms with E-state index in [9.17, 15) is 0 Å². The number of imidazole rings is 1. The van der Waals surface area contributed by atoms with Crippen LogP contribution in [0.3, 0.4) is 0 Å². The van der Waals surface area contributed by atoms with Gasteiger partial charge in [0.25, 0.3) is 0 Å². The van der Waals surface area contributed by atoms with Crippen molar-refractivity contribution in [2.24, 2.45) is 0 Å². The summed E-state index contributed by atoms with van der Waals surface area (Å²) in [5.74, 6) is 1.51. The Morgan fingerprint density at radius 1 is 0.848 bits per heavy atom. The maximum absolute atomic E-state index is 4.92. The van der Waals surface area contributed by atoms with E-state index in [2.05, 4.69) is 77.0 Å². The zero-order chi connectivity index (χ0) is 22.9. The molecule has 7 heteroatoms. The summed E-state index contributed by atoms with van der Waals surface area (Å²) in [6.45, 7) is 10.6. The Bertz CT molecular complexity index is 1240. The molecule has 170 valence electrons. The molecule has 4 aromatic rings. The van der Waals surface area contributed by atoms with E-state index in [4.69, 9.17) is 15.0 Å². The summed E-state index contributed by atoms with van der Waals surface area (Å²) >= 11 is 0. The Labute approximate surface area is 195 Å². The minimum absolute atomic E-state index is 0.218. The molecule has 7 nitrogen and oxygen atoms in total. The summed E-state index contributed by atoms with van der Waals surface area (Å²) < 4.78 is 2.20. The molecule has 2 aromatic carbocycles. The third-order valence-corrected chi connectivity index (χ3v) is 6.25. The third-order valence-electron chi connectivity index (χ3n) is 6.25. The predicted molar refractivity (Wildman–Crippen MR) is 135 cm³/mol. The van der Waals surface area contributed by atoms with Gasteiger partial charge in [0.1, 0.15) is 11.3 Å². The summed E-state index contributed by atoms with van der Waals surface area (Å²) in [6.07, 6.45) is 0. The van der Waals surface area contributed by atoms with Gasteiger partial charge in [0, 0.05) is 49.2 Å². The van der Waals surface area contributed by atoms with Crippen molar-refractivity contribution >= 4 is 28.5 Å². The molecule has 0 amide bonds. The molecule has 0 spiro atoms. The number of aryl methyl sites for hydroxylation is 1. The average molecular weight is 442 g/mol. The highest BCUT2D eigenvalue weighted by atomic mass is 15.2. The van der Waals surface area contributed by atoms with E-state index >= 15 is 0 Å². The first-order chi connectivity index (χ1) is 16.0. The van der Waals surface area contributed by atoms with Gasteiger partial charge in [-0.15, -0.1) is 0 Å². The van der Waals surface area contributed by atoms with E-state index in [1.165, 1.54) is 5.69 Å². The number of rotatable bonds is 5. The fourth-order valence-electron chi connectivity index (χ4n) is 4.40. The SMILES string of the molecule is Cc1nc(Nc2ccc(N3CCN(C)CC3)cc2)nc2c1nc(-c1ccccc1)n2C(C)C. The van der Waals surface area contributed by atoms with Gasteiger partial charge in [0.15, 0.2) is 5.65 Å². The first kappa shape index (κ1) is 21.4. The largest absolute Gasteiger partial charge is 0.369 e. The molecule has 0 aliphatic carbocycles. The standard InChI is InChI=1S/C26H31N7/c1-18(2)33-24(20-8-6-5-7-9-20)29-23-19(3)27-26(30-25(23)33)28-21-10-12-22(13-11-21)32-16-14-31(4)15-17-32/h5-13,18H,14-17H2,1-4H3,(H,27,28,30). The van der Waals surface area contributed by atoms with Gasteiger partial charge in [-0.2, -0.15) is 4.98 Å². The van der Waals surface area contributed by atoms with E-state index in [-0.39, 0.29) is 6.04 Å². The lowest BCUT2D eigenvalue weighted by Gasteiger charge is -2.34. The number of nitrogens with one attached hydrogen (secondary N) is 1. The molecule has 0 bridgehead atoms. The molecule has 1 fully saturated rings. The van der Waals surface area contributed by atoms with Gasteiger partial charge in [-0.1, -0.05) is 30.3 Å². The number of hydrogen-bond acceptors (Lipinski definition) is 6. The summed E-state index contributed by atoms with van der Waals surface area (Å²) in [6, 6.07) is 19.0. The van der Waals surface area contributed by atoms with Crippen molar-refractivity contribution in [1.82, 2.24) is 24.4 Å². The van der Waals surface area contributed by atoms with E-state index in [0.29, 0.717) is 5.95 Å². The fraction of sp³-hybridized carbons (Fsp3) is 0.346. The second-order valence-electron chi connectivity index (χ2n) is 9.03. The zero-order valence-corrected chi connectivity index (χ0v) is 19.8. The molecule has 1 aliphatic heterocycles. The van der Waals surface area contributed by atoms with E-state index in [1.54, 1.807) is 0 Å². The minimum atomic E-state index is 0.218. The average Bonchev–Trinajstić information content (AvgIpc) is 3.21. The van der Waals surface area contributed by atoms with Crippen molar-refractivity contribution in [2.75, 3.05) is 43.4 Å². The Kier molecular flexibility index (Phi) is 5.72. The van der Waals surface area contributed by atoms with Crippen molar-refractivity contribution < 1.29 is 0 Å². The van der Waals surface area contributed by atoms with Crippen LogP contribution in [0.5, 0.6) is 0 Å². The molecule has 1 aliphatic rings. The van der Waals surface area contributed by atoms with Crippen LogP contribution in [0.25, 0.3) is 22.6 Å². The number of likely N-dealkylation sites (N-methyl/N-ethyl adjacent to an activating group) is 1. The first-order valence-corrected chi connectivity index (χ1v) is 11.6. The van der Waals surface area contributed by atoms with Crippen LogP contribution in [0.2, 0.25) is 0 Å². The summed E-state index contributed by atoms with van der Waals surface area (Å²) in [5.41, 5.74) is 5.88. The molecule has 1 saturated heterocycles. The van der Waals surface area contributed by atoms with Crippen LogP contribution in [0, 0.1) is 6.92 Å². The van der Waals surface area contributed by atoms with Gasteiger partial charge >= 0.3 is 0 Å². The number of benzene rings is 2. The first-order valence-electron chi connectivity index (χ1n) is 11.6. The highest BCUT2D eigenvalue weighted by molar-refractivity contribution is 5.81. The highest BCUT2D eigenvalue weighted by Crippen LogP contribution is 2.30. The van der Waals surface area contributed by atoms with Gasteiger partial charge in [-0.3, -0.25) is 0 Å².